The summed E-state index contributed by atoms with van der Waals surface area (Å²) in [6.07, 6.45) is 0. The van der Waals surface area contributed by atoms with Crippen LogP contribution in [0.2, 0.25) is 0 Å². The van der Waals surface area contributed by atoms with Gasteiger partial charge in [-0.2, -0.15) is 0 Å². The fraction of sp³-hybridized carbons (Fsp3) is 0. The Morgan fingerprint density at radius 1 is 0.271 bits per heavy atom. The lowest BCUT2D eigenvalue weighted by Crippen LogP contribution is -1.93. The molecular formula is C56H31N3. The van der Waals surface area contributed by atoms with Crippen LogP contribution in [0.25, 0.3) is 136 Å². The van der Waals surface area contributed by atoms with Crippen molar-refractivity contribution in [2.45, 2.75) is 0 Å². The molecule has 0 bridgehead atoms. The van der Waals surface area contributed by atoms with Gasteiger partial charge in [-0.1, -0.05) is 140 Å². The average molecular weight is 746 g/mol. The molecule has 0 spiro atoms. The van der Waals surface area contributed by atoms with Gasteiger partial charge in [0, 0.05) is 70.5 Å². The topological polar surface area (TPSA) is 13.8 Å². The van der Waals surface area contributed by atoms with Crippen LogP contribution in [0.1, 0.15) is 0 Å². The van der Waals surface area contributed by atoms with Crippen LogP contribution in [-0.2, 0) is 0 Å². The van der Waals surface area contributed by atoms with Crippen molar-refractivity contribution in [1.82, 2.24) is 13.4 Å². The predicted octanol–water partition coefficient (Wildman–Crippen LogP) is 15.1. The minimum Gasteiger partial charge on any atom is -0.309 e. The first kappa shape index (κ1) is 30.3. The summed E-state index contributed by atoms with van der Waals surface area (Å²) >= 11 is 0. The molecule has 0 atom stereocenters. The van der Waals surface area contributed by atoms with Crippen LogP contribution in [0.5, 0.6) is 0 Å². The Balaban J connectivity index is 1.11. The maximum atomic E-state index is 2.61. The highest BCUT2D eigenvalue weighted by atomic mass is 15.0. The Hall–Kier alpha value is -7.88. The zero-order valence-electron chi connectivity index (χ0n) is 31.7. The maximum Gasteiger partial charge on any atom is 0.0626 e. The quantitative estimate of drug-likeness (QED) is 0.167. The molecule has 15 rings (SSSR count). The largest absolute Gasteiger partial charge is 0.309 e. The number of hydrogen-bond donors (Lipinski definition) is 0. The van der Waals surface area contributed by atoms with Crippen molar-refractivity contribution in [3.05, 3.63) is 188 Å². The molecule has 59 heavy (non-hydrogen) atoms. The standard InChI is InChI=1S/C56H31N3/c1-2-14-35(15-3-1)57-46-23-9-8-18-38(46)45-31-34(25-27-47(45)57)44-30-33-13-5-6-16-36(33)50-41-20-11-22-43-52-49(59(55(41)43)56(44)50)29-28-48-51(52)42-21-10-19-39-40-26-24-32-12-4-7-17-37(32)53(40)58(48)54(39)42/h1-31H. The molecule has 0 saturated heterocycles. The third-order valence-electron chi connectivity index (χ3n) is 13.6. The van der Waals surface area contributed by atoms with E-state index in [-0.39, 0.29) is 0 Å². The summed E-state index contributed by atoms with van der Waals surface area (Å²) < 4.78 is 7.57. The van der Waals surface area contributed by atoms with Crippen LogP contribution in [0.4, 0.5) is 0 Å². The summed E-state index contributed by atoms with van der Waals surface area (Å²) in [7, 11) is 0. The molecule has 15 aromatic rings. The molecule has 270 valence electrons. The van der Waals surface area contributed by atoms with Gasteiger partial charge in [-0.15, -0.1) is 0 Å². The van der Waals surface area contributed by atoms with Crippen molar-refractivity contribution in [2.24, 2.45) is 0 Å². The fourth-order valence-corrected chi connectivity index (χ4v) is 11.4. The fourth-order valence-electron chi connectivity index (χ4n) is 11.4. The van der Waals surface area contributed by atoms with E-state index in [2.05, 4.69) is 201 Å². The van der Waals surface area contributed by atoms with Crippen LogP contribution in [0.3, 0.4) is 0 Å². The van der Waals surface area contributed by atoms with Gasteiger partial charge in [0.25, 0.3) is 0 Å². The molecule has 0 aliphatic carbocycles. The highest BCUT2D eigenvalue weighted by Gasteiger charge is 2.27. The Morgan fingerprint density at radius 3 is 1.61 bits per heavy atom. The lowest BCUT2D eigenvalue weighted by atomic mass is 9.94. The zero-order chi connectivity index (χ0) is 38.1. The highest BCUT2D eigenvalue weighted by molar-refractivity contribution is 6.38. The second kappa shape index (κ2) is 10.5. The van der Waals surface area contributed by atoms with Crippen molar-refractivity contribution in [3.63, 3.8) is 0 Å². The molecule has 3 nitrogen and oxygen atoms in total. The van der Waals surface area contributed by atoms with Crippen molar-refractivity contribution >= 4 is 120 Å². The van der Waals surface area contributed by atoms with E-state index >= 15 is 0 Å². The van der Waals surface area contributed by atoms with Crippen LogP contribution in [0, 0.1) is 0 Å². The molecule has 0 fully saturated rings. The van der Waals surface area contributed by atoms with Gasteiger partial charge in [0.05, 0.1) is 44.1 Å². The van der Waals surface area contributed by atoms with Gasteiger partial charge < -0.3 is 13.4 Å². The minimum absolute atomic E-state index is 1.17. The molecular weight excluding hydrogens is 715 g/mol. The summed E-state index contributed by atoms with van der Waals surface area (Å²) in [5.74, 6) is 0. The first-order valence-corrected chi connectivity index (χ1v) is 20.5. The van der Waals surface area contributed by atoms with Gasteiger partial charge in [0.1, 0.15) is 0 Å². The number of hydrogen-bond acceptors (Lipinski definition) is 0. The molecule has 0 N–H and O–H groups in total. The van der Waals surface area contributed by atoms with E-state index in [1.165, 1.54) is 136 Å². The van der Waals surface area contributed by atoms with Crippen molar-refractivity contribution < 1.29 is 0 Å². The van der Waals surface area contributed by atoms with Crippen LogP contribution in [-0.4, -0.2) is 13.4 Å². The lowest BCUT2D eigenvalue weighted by molar-refractivity contribution is 1.18. The average Bonchev–Trinajstić information content (AvgIpc) is 4.09. The third-order valence-corrected chi connectivity index (χ3v) is 13.6. The van der Waals surface area contributed by atoms with Gasteiger partial charge in [-0.25, -0.2) is 0 Å². The highest BCUT2D eigenvalue weighted by Crippen LogP contribution is 2.50. The molecule has 0 saturated carbocycles. The summed E-state index contributed by atoms with van der Waals surface area (Å²) in [6.45, 7) is 0. The van der Waals surface area contributed by atoms with E-state index in [0.717, 1.165) is 0 Å². The van der Waals surface area contributed by atoms with E-state index in [1.54, 1.807) is 0 Å². The summed E-state index contributed by atoms with van der Waals surface area (Å²) in [5.41, 5.74) is 13.8. The van der Waals surface area contributed by atoms with Crippen LogP contribution in [0.15, 0.2) is 188 Å². The monoisotopic (exact) mass is 745 g/mol. The predicted molar refractivity (Wildman–Crippen MR) is 251 cm³/mol. The molecule has 0 unspecified atom stereocenters. The number of rotatable bonds is 2. The normalized spacial score (nSPS) is 12.7. The van der Waals surface area contributed by atoms with Crippen LogP contribution >= 0.6 is 0 Å². The molecule has 3 heteroatoms. The molecule has 0 radical (unpaired) electrons. The van der Waals surface area contributed by atoms with Crippen molar-refractivity contribution in [1.29, 1.82) is 0 Å². The molecule has 5 heterocycles. The zero-order valence-corrected chi connectivity index (χ0v) is 31.7. The molecule has 0 aliphatic rings. The summed E-state index contributed by atoms with van der Waals surface area (Å²) in [6, 6.07) is 70.2. The van der Waals surface area contributed by atoms with E-state index in [0.29, 0.717) is 0 Å². The second-order valence-corrected chi connectivity index (χ2v) is 16.4. The van der Waals surface area contributed by atoms with E-state index < -0.39 is 0 Å². The molecule has 5 aromatic heterocycles. The van der Waals surface area contributed by atoms with Crippen molar-refractivity contribution in [2.75, 3.05) is 0 Å². The Labute approximate surface area is 336 Å². The number of fused-ring (bicyclic) bond motifs is 20. The smallest absolute Gasteiger partial charge is 0.0626 e. The second-order valence-electron chi connectivity index (χ2n) is 16.4. The Kier molecular flexibility index (Phi) is 5.41. The summed E-state index contributed by atoms with van der Waals surface area (Å²) in [5, 5.41) is 18.1. The Morgan fingerprint density at radius 2 is 0.814 bits per heavy atom. The number of aromatic nitrogens is 3. The van der Waals surface area contributed by atoms with Gasteiger partial charge in [-0.05, 0) is 70.3 Å². The van der Waals surface area contributed by atoms with E-state index in [9.17, 15) is 0 Å². The summed E-state index contributed by atoms with van der Waals surface area (Å²) in [4.78, 5) is 0. The molecule has 10 aromatic carbocycles. The van der Waals surface area contributed by atoms with E-state index in [1.807, 2.05) is 0 Å². The minimum atomic E-state index is 1.17. The van der Waals surface area contributed by atoms with E-state index in [4.69, 9.17) is 0 Å². The first-order chi connectivity index (χ1) is 29.3. The van der Waals surface area contributed by atoms with Gasteiger partial charge >= 0.3 is 0 Å². The van der Waals surface area contributed by atoms with Crippen LogP contribution < -0.4 is 0 Å². The lowest BCUT2D eigenvalue weighted by Gasteiger charge is -2.12. The third kappa shape index (κ3) is 3.58. The number of nitrogens with zero attached hydrogens (tertiary/aromatic N) is 3. The number of benzene rings is 10. The molecule has 0 aliphatic heterocycles. The molecule has 0 amide bonds. The van der Waals surface area contributed by atoms with Gasteiger partial charge in [-0.3, -0.25) is 0 Å². The van der Waals surface area contributed by atoms with Gasteiger partial charge in [0.15, 0.2) is 0 Å². The van der Waals surface area contributed by atoms with Gasteiger partial charge in [0.2, 0.25) is 0 Å². The maximum absolute atomic E-state index is 2.61. The Bertz CT molecular complexity index is 4290. The van der Waals surface area contributed by atoms with Crippen molar-refractivity contribution in [3.8, 4) is 16.8 Å². The SMILES string of the molecule is c1ccc(-n2c3ccccc3c3cc(-c4cc5ccccc5c5c6cccc7c8c9c%10cccc%11c%12ccc%13ccccc%13c%12n(c9ccc8n(c45)c76)c%11%10)ccc32)cc1. The first-order valence-electron chi connectivity index (χ1n) is 20.5. The number of para-hydroxylation sites is 4.